The Labute approximate surface area is 176 Å². The molecule has 0 saturated carbocycles. The predicted molar refractivity (Wildman–Crippen MR) is 113 cm³/mol. The second-order valence-electron chi connectivity index (χ2n) is 6.93. The van der Waals surface area contributed by atoms with Crippen LogP contribution in [0.3, 0.4) is 0 Å². The zero-order valence-electron chi connectivity index (χ0n) is 16.2. The van der Waals surface area contributed by atoms with Gasteiger partial charge in [0.15, 0.2) is 17.5 Å². The van der Waals surface area contributed by atoms with Crippen LogP contribution in [0.15, 0.2) is 53.5 Å². The Kier molecular flexibility index (Phi) is 5.22. The average molecular weight is 427 g/mol. The van der Waals surface area contributed by atoms with Gasteiger partial charge in [0.25, 0.3) is 0 Å². The molecule has 2 heterocycles. The van der Waals surface area contributed by atoms with Crippen LogP contribution in [-0.2, 0) is 6.54 Å². The monoisotopic (exact) mass is 426 g/mol. The number of nitrogens with zero attached hydrogens (tertiary/aromatic N) is 3. The number of anilines is 2. The summed E-state index contributed by atoms with van der Waals surface area (Å²) in [5.74, 6) is -1.55. The van der Waals surface area contributed by atoms with Gasteiger partial charge < -0.3 is 9.88 Å². The molecule has 152 valence electrons. The van der Waals surface area contributed by atoms with Gasteiger partial charge in [-0.05, 0) is 49.7 Å². The molecule has 8 heteroatoms. The molecule has 4 aromatic rings. The van der Waals surface area contributed by atoms with Crippen molar-refractivity contribution in [2.75, 3.05) is 4.90 Å². The maximum atomic E-state index is 14.3. The molecule has 0 bridgehead atoms. The second-order valence-corrected chi connectivity index (χ2v) is 7.37. The smallest absolute Gasteiger partial charge is 0.248 e. The molecule has 0 aliphatic rings. The third-order valence-electron chi connectivity index (χ3n) is 4.74. The highest BCUT2D eigenvalue weighted by molar-refractivity contribution is 6.30. The predicted octanol–water partition coefficient (Wildman–Crippen LogP) is 5.20. The molecule has 0 fully saturated rings. The molecule has 0 aliphatic heterocycles. The van der Waals surface area contributed by atoms with Crippen LogP contribution >= 0.6 is 11.6 Å². The molecule has 0 saturated heterocycles. The summed E-state index contributed by atoms with van der Waals surface area (Å²) in [7, 11) is 0. The molecule has 30 heavy (non-hydrogen) atoms. The Balaban J connectivity index is 1.91. The lowest BCUT2D eigenvalue weighted by Gasteiger charge is -2.26. The summed E-state index contributed by atoms with van der Waals surface area (Å²) in [4.78, 5) is 25.4. The standard InChI is InChI=1S/C22H17ClF2N4O/c1-12-10-26-22(13(2)27-12)29(16-5-3-4-15(23)9-16)11-14-8-19(30)28-21-17(14)6-7-18(24)20(21)25/h3-10H,11H2,1-2H3,(H,28,30). The van der Waals surface area contributed by atoms with E-state index in [1.54, 1.807) is 24.4 Å². The number of rotatable bonds is 4. The van der Waals surface area contributed by atoms with Crippen molar-refractivity contribution in [2.24, 2.45) is 0 Å². The zero-order valence-corrected chi connectivity index (χ0v) is 17.0. The summed E-state index contributed by atoms with van der Waals surface area (Å²) in [6, 6.07) is 11.0. The van der Waals surface area contributed by atoms with Gasteiger partial charge in [0.05, 0.1) is 29.6 Å². The van der Waals surface area contributed by atoms with Crippen LogP contribution in [0.25, 0.3) is 10.9 Å². The van der Waals surface area contributed by atoms with Gasteiger partial charge in [0.2, 0.25) is 5.56 Å². The first kappa shape index (κ1) is 20.0. The Hall–Kier alpha value is -3.32. The fourth-order valence-corrected chi connectivity index (χ4v) is 3.61. The topological polar surface area (TPSA) is 61.9 Å². The van der Waals surface area contributed by atoms with Crippen molar-refractivity contribution in [3.8, 4) is 0 Å². The van der Waals surface area contributed by atoms with Crippen molar-refractivity contribution in [3.05, 3.63) is 92.6 Å². The van der Waals surface area contributed by atoms with Gasteiger partial charge in [0, 0.05) is 22.2 Å². The third-order valence-corrected chi connectivity index (χ3v) is 4.97. The normalized spacial score (nSPS) is 11.1. The molecule has 0 aliphatic carbocycles. The van der Waals surface area contributed by atoms with Gasteiger partial charge in [-0.2, -0.15) is 0 Å². The summed E-state index contributed by atoms with van der Waals surface area (Å²) in [5, 5.41) is 0.928. The maximum absolute atomic E-state index is 14.3. The number of hydrogen-bond donors (Lipinski definition) is 1. The first-order chi connectivity index (χ1) is 14.3. The highest BCUT2D eigenvalue weighted by Gasteiger charge is 2.19. The number of aromatic nitrogens is 3. The molecular weight excluding hydrogens is 410 g/mol. The Morgan fingerprint density at radius 3 is 2.67 bits per heavy atom. The van der Waals surface area contributed by atoms with Crippen LogP contribution in [0.1, 0.15) is 17.0 Å². The van der Waals surface area contributed by atoms with Crippen molar-refractivity contribution in [2.45, 2.75) is 20.4 Å². The molecule has 2 aromatic heterocycles. The van der Waals surface area contributed by atoms with Crippen LogP contribution in [0.4, 0.5) is 20.3 Å². The lowest BCUT2D eigenvalue weighted by Crippen LogP contribution is -2.21. The Bertz CT molecular complexity index is 1320. The number of fused-ring (bicyclic) bond motifs is 1. The zero-order chi connectivity index (χ0) is 21.4. The average Bonchev–Trinajstić information content (AvgIpc) is 2.69. The van der Waals surface area contributed by atoms with E-state index in [1.807, 2.05) is 24.8 Å². The lowest BCUT2D eigenvalue weighted by molar-refractivity contribution is 0.515. The molecule has 4 rings (SSSR count). The highest BCUT2D eigenvalue weighted by Crippen LogP contribution is 2.31. The van der Waals surface area contributed by atoms with Crippen LogP contribution in [0, 0.1) is 25.5 Å². The van der Waals surface area contributed by atoms with E-state index in [1.165, 1.54) is 12.1 Å². The minimum Gasteiger partial charge on any atom is -0.320 e. The van der Waals surface area contributed by atoms with Crippen molar-refractivity contribution < 1.29 is 8.78 Å². The first-order valence-corrected chi connectivity index (χ1v) is 9.54. The van der Waals surface area contributed by atoms with E-state index in [4.69, 9.17) is 11.6 Å². The molecule has 0 unspecified atom stereocenters. The minimum atomic E-state index is -1.09. The van der Waals surface area contributed by atoms with Gasteiger partial charge in [-0.15, -0.1) is 0 Å². The van der Waals surface area contributed by atoms with Gasteiger partial charge in [-0.3, -0.25) is 9.78 Å². The second kappa shape index (κ2) is 7.84. The van der Waals surface area contributed by atoms with Crippen LogP contribution in [0.2, 0.25) is 5.02 Å². The number of pyridine rings is 1. The van der Waals surface area contributed by atoms with Gasteiger partial charge >= 0.3 is 0 Å². The van der Waals surface area contributed by atoms with Gasteiger partial charge in [-0.25, -0.2) is 13.8 Å². The minimum absolute atomic E-state index is 0.171. The molecule has 0 spiro atoms. The lowest BCUT2D eigenvalue weighted by atomic mass is 10.1. The first-order valence-electron chi connectivity index (χ1n) is 9.17. The summed E-state index contributed by atoms with van der Waals surface area (Å²) in [5.41, 5.74) is 1.98. The summed E-state index contributed by atoms with van der Waals surface area (Å²) in [6.45, 7) is 3.84. The number of nitrogens with one attached hydrogen (secondary N) is 1. The molecular formula is C22H17ClF2N4O. The van der Waals surface area contributed by atoms with E-state index in [0.29, 0.717) is 27.5 Å². The summed E-state index contributed by atoms with van der Waals surface area (Å²) < 4.78 is 28.0. The van der Waals surface area contributed by atoms with Crippen molar-refractivity contribution in [3.63, 3.8) is 0 Å². The van der Waals surface area contributed by atoms with E-state index >= 15 is 0 Å². The number of aromatic amines is 1. The Morgan fingerprint density at radius 1 is 1.13 bits per heavy atom. The molecule has 0 radical (unpaired) electrons. The number of hydrogen-bond acceptors (Lipinski definition) is 4. The molecule has 0 amide bonds. The van der Waals surface area contributed by atoms with E-state index in [-0.39, 0.29) is 12.1 Å². The van der Waals surface area contributed by atoms with Crippen LogP contribution in [0.5, 0.6) is 0 Å². The van der Waals surface area contributed by atoms with Crippen molar-refractivity contribution in [1.82, 2.24) is 15.0 Å². The maximum Gasteiger partial charge on any atom is 0.248 e. The Morgan fingerprint density at radius 2 is 1.93 bits per heavy atom. The SMILES string of the molecule is Cc1cnc(N(Cc2cc(=O)[nH]c3c(F)c(F)ccc23)c2cccc(Cl)c2)c(C)n1. The fraction of sp³-hybridized carbons (Fsp3) is 0.136. The van der Waals surface area contributed by atoms with Gasteiger partial charge in [-0.1, -0.05) is 17.7 Å². The van der Waals surface area contributed by atoms with E-state index in [9.17, 15) is 13.6 Å². The van der Waals surface area contributed by atoms with E-state index in [0.717, 1.165) is 17.4 Å². The van der Waals surface area contributed by atoms with Crippen molar-refractivity contribution in [1.29, 1.82) is 0 Å². The van der Waals surface area contributed by atoms with Crippen molar-refractivity contribution >= 4 is 34.0 Å². The molecule has 0 atom stereocenters. The van der Waals surface area contributed by atoms with Crippen LogP contribution < -0.4 is 10.5 Å². The quantitative estimate of drug-likeness (QED) is 0.487. The summed E-state index contributed by atoms with van der Waals surface area (Å²) >= 11 is 6.19. The van der Waals surface area contributed by atoms with E-state index in [2.05, 4.69) is 15.0 Å². The number of halogens is 3. The third kappa shape index (κ3) is 3.76. The van der Waals surface area contributed by atoms with Gasteiger partial charge in [0.1, 0.15) is 0 Å². The summed E-state index contributed by atoms with van der Waals surface area (Å²) in [6.07, 6.45) is 1.64. The highest BCUT2D eigenvalue weighted by atomic mass is 35.5. The molecule has 1 N–H and O–H groups in total. The number of aryl methyl sites for hydroxylation is 2. The number of benzene rings is 2. The fourth-order valence-electron chi connectivity index (χ4n) is 3.43. The van der Waals surface area contributed by atoms with E-state index < -0.39 is 17.2 Å². The van der Waals surface area contributed by atoms with Crippen LogP contribution in [-0.4, -0.2) is 15.0 Å². The molecule has 2 aromatic carbocycles. The molecule has 5 nitrogen and oxygen atoms in total. The largest absolute Gasteiger partial charge is 0.320 e. The number of H-pyrrole nitrogens is 1.